The number of carbonyl (C=O) groups excluding carboxylic acids is 1. The maximum Gasteiger partial charge on any atom is 0.197 e. The molecule has 0 saturated heterocycles. The summed E-state index contributed by atoms with van der Waals surface area (Å²) in [6, 6.07) is 4.80. The van der Waals surface area contributed by atoms with Crippen LogP contribution in [0, 0.1) is 0 Å². The minimum Gasteiger partial charge on any atom is -0.398 e. The van der Waals surface area contributed by atoms with Crippen LogP contribution in [0.3, 0.4) is 0 Å². The third-order valence-electron chi connectivity index (χ3n) is 2.12. The molecule has 0 saturated carbocycles. The highest BCUT2D eigenvalue weighted by atomic mass is 35.5. The molecule has 1 aromatic heterocycles. The van der Waals surface area contributed by atoms with Gasteiger partial charge >= 0.3 is 0 Å². The standard InChI is InChI=1S/C11H7Cl2NOS/c12-6-1-2-10(14)7(3-6)11(15)8-4-16-5-9(8)13/h1-5H,14H2. The Morgan fingerprint density at radius 3 is 2.56 bits per heavy atom. The van der Waals surface area contributed by atoms with Gasteiger partial charge in [-0.15, -0.1) is 0 Å². The fourth-order valence-electron chi connectivity index (χ4n) is 1.31. The zero-order valence-electron chi connectivity index (χ0n) is 8.04. The average molecular weight is 272 g/mol. The molecule has 2 nitrogen and oxygen atoms in total. The lowest BCUT2D eigenvalue weighted by atomic mass is 10.0. The van der Waals surface area contributed by atoms with Crippen molar-refractivity contribution in [1.29, 1.82) is 0 Å². The van der Waals surface area contributed by atoms with Gasteiger partial charge in [0.15, 0.2) is 5.78 Å². The number of carbonyl (C=O) groups is 1. The Hall–Kier alpha value is -1.03. The van der Waals surface area contributed by atoms with Crippen molar-refractivity contribution < 1.29 is 4.79 Å². The second-order valence-corrected chi connectivity index (χ2v) is 4.78. The lowest BCUT2D eigenvalue weighted by molar-refractivity contribution is 0.104. The molecule has 5 heteroatoms. The number of hydrogen-bond donors (Lipinski definition) is 1. The molecule has 16 heavy (non-hydrogen) atoms. The van der Waals surface area contributed by atoms with Crippen LogP contribution in [0.15, 0.2) is 29.0 Å². The first-order valence-corrected chi connectivity index (χ1v) is 6.11. The Labute approximate surface area is 107 Å². The number of hydrogen-bond acceptors (Lipinski definition) is 3. The Balaban J connectivity index is 2.49. The zero-order chi connectivity index (χ0) is 11.7. The molecule has 0 atom stereocenters. The van der Waals surface area contributed by atoms with Crippen LogP contribution in [0.1, 0.15) is 15.9 Å². The van der Waals surface area contributed by atoms with Crippen molar-refractivity contribution in [3.63, 3.8) is 0 Å². The molecule has 0 aliphatic carbocycles. The summed E-state index contributed by atoms with van der Waals surface area (Å²) in [4.78, 5) is 12.1. The molecule has 0 radical (unpaired) electrons. The van der Waals surface area contributed by atoms with Gasteiger partial charge in [0, 0.05) is 27.0 Å². The second-order valence-electron chi connectivity index (χ2n) is 3.19. The molecule has 0 fully saturated rings. The zero-order valence-corrected chi connectivity index (χ0v) is 10.4. The fraction of sp³-hybridized carbons (Fsp3) is 0. The average Bonchev–Trinajstić information content (AvgIpc) is 2.67. The van der Waals surface area contributed by atoms with Gasteiger partial charge in [-0.2, -0.15) is 11.3 Å². The van der Waals surface area contributed by atoms with Gasteiger partial charge in [0.1, 0.15) is 0 Å². The van der Waals surface area contributed by atoms with Crippen molar-refractivity contribution in [2.45, 2.75) is 0 Å². The highest BCUT2D eigenvalue weighted by Gasteiger charge is 2.16. The Bertz CT molecular complexity index is 551. The first-order valence-electron chi connectivity index (χ1n) is 4.41. The molecular formula is C11H7Cl2NOS. The Morgan fingerprint density at radius 2 is 1.94 bits per heavy atom. The number of thiophene rings is 1. The van der Waals surface area contributed by atoms with E-state index in [2.05, 4.69) is 0 Å². The van der Waals surface area contributed by atoms with Gasteiger partial charge in [-0.1, -0.05) is 23.2 Å². The second kappa shape index (κ2) is 4.45. The van der Waals surface area contributed by atoms with Gasteiger partial charge in [0.2, 0.25) is 0 Å². The quantitative estimate of drug-likeness (QED) is 0.666. The van der Waals surface area contributed by atoms with Crippen molar-refractivity contribution in [2.24, 2.45) is 0 Å². The minimum absolute atomic E-state index is 0.203. The summed E-state index contributed by atoms with van der Waals surface area (Å²) >= 11 is 13.1. The van der Waals surface area contributed by atoms with E-state index >= 15 is 0 Å². The van der Waals surface area contributed by atoms with Crippen molar-refractivity contribution >= 4 is 46.0 Å². The molecule has 82 valence electrons. The van der Waals surface area contributed by atoms with Gasteiger partial charge in [0.25, 0.3) is 0 Å². The summed E-state index contributed by atoms with van der Waals surface area (Å²) in [5, 5.41) is 4.32. The molecule has 0 bridgehead atoms. The number of rotatable bonds is 2. The number of benzene rings is 1. The first kappa shape index (κ1) is 11.5. The van der Waals surface area contributed by atoms with Crippen LogP contribution in [0.2, 0.25) is 10.0 Å². The molecule has 0 unspecified atom stereocenters. The van der Waals surface area contributed by atoms with E-state index in [0.717, 1.165) is 0 Å². The van der Waals surface area contributed by atoms with E-state index in [4.69, 9.17) is 28.9 Å². The van der Waals surface area contributed by atoms with E-state index in [-0.39, 0.29) is 5.78 Å². The van der Waals surface area contributed by atoms with Crippen LogP contribution in [-0.2, 0) is 0 Å². The van der Waals surface area contributed by atoms with Crippen molar-refractivity contribution in [3.05, 3.63) is 50.1 Å². The van der Waals surface area contributed by atoms with Crippen LogP contribution < -0.4 is 5.73 Å². The van der Waals surface area contributed by atoms with E-state index in [0.29, 0.717) is 26.9 Å². The molecule has 0 aliphatic rings. The van der Waals surface area contributed by atoms with Crippen LogP contribution in [-0.4, -0.2) is 5.78 Å². The number of ketones is 1. The van der Waals surface area contributed by atoms with E-state index < -0.39 is 0 Å². The smallest absolute Gasteiger partial charge is 0.197 e. The molecule has 0 amide bonds. The topological polar surface area (TPSA) is 43.1 Å². The summed E-state index contributed by atoms with van der Waals surface area (Å²) in [5.74, 6) is -0.203. The van der Waals surface area contributed by atoms with Crippen LogP contribution >= 0.6 is 34.5 Å². The van der Waals surface area contributed by atoms with E-state index in [1.54, 1.807) is 29.0 Å². The van der Waals surface area contributed by atoms with Gasteiger partial charge in [-0.25, -0.2) is 0 Å². The largest absolute Gasteiger partial charge is 0.398 e. The summed E-state index contributed by atoms with van der Waals surface area (Å²) in [5.41, 5.74) is 6.97. The third kappa shape index (κ3) is 2.07. The molecular weight excluding hydrogens is 265 g/mol. The van der Waals surface area contributed by atoms with Gasteiger partial charge < -0.3 is 5.73 Å². The summed E-state index contributed by atoms with van der Waals surface area (Å²) in [7, 11) is 0. The molecule has 0 aliphatic heterocycles. The summed E-state index contributed by atoms with van der Waals surface area (Å²) in [6.07, 6.45) is 0. The predicted molar refractivity (Wildman–Crippen MR) is 68.6 cm³/mol. The predicted octanol–water partition coefficient (Wildman–Crippen LogP) is 3.87. The van der Waals surface area contributed by atoms with E-state index in [1.165, 1.54) is 11.3 Å². The highest BCUT2D eigenvalue weighted by Crippen LogP contribution is 2.27. The normalized spacial score (nSPS) is 10.4. The van der Waals surface area contributed by atoms with Gasteiger partial charge in [-0.05, 0) is 18.2 Å². The van der Waals surface area contributed by atoms with Crippen molar-refractivity contribution in [1.82, 2.24) is 0 Å². The fourth-order valence-corrected chi connectivity index (χ4v) is 2.53. The number of anilines is 1. The minimum atomic E-state index is -0.203. The number of nitrogens with two attached hydrogens (primary N) is 1. The molecule has 1 heterocycles. The van der Waals surface area contributed by atoms with Crippen molar-refractivity contribution in [3.8, 4) is 0 Å². The summed E-state index contributed by atoms with van der Waals surface area (Å²) < 4.78 is 0. The Kier molecular flexibility index (Phi) is 3.19. The third-order valence-corrected chi connectivity index (χ3v) is 3.54. The molecule has 0 spiro atoms. The SMILES string of the molecule is Nc1ccc(Cl)cc1C(=O)c1cscc1Cl. The van der Waals surface area contributed by atoms with E-state index in [9.17, 15) is 4.79 Å². The van der Waals surface area contributed by atoms with Crippen LogP contribution in [0.25, 0.3) is 0 Å². The summed E-state index contributed by atoms with van der Waals surface area (Å²) in [6.45, 7) is 0. The monoisotopic (exact) mass is 271 g/mol. The van der Waals surface area contributed by atoms with Crippen molar-refractivity contribution in [2.75, 3.05) is 5.73 Å². The lowest BCUT2D eigenvalue weighted by Crippen LogP contribution is -2.04. The van der Waals surface area contributed by atoms with Gasteiger partial charge in [-0.3, -0.25) is 4.79 Å². The highest BCUT2D eigenvalue weighted by molar-refractivity contribution is 7.08. The number of halogens is 2. The molecule has 2 aromatic rings. The molecule has 2 rings (SSSR count). The van der Waals surface area contributed by atoms with E-state index in [1.807, 2.05) is 0 Å². The maximum atomic E-state index is 12.1. The molecule has 2 N–H and O–H groups in total. The van der Waals surface area contributed by atoms with Crippen LogP contribution in [0.4, 0.5) is 5.69 Å². The van der Waals surface area contributed by atoms with Gasteiger partial charge in [0.05, 0.1) is 10.6 Å². The Morgan fingerprint density at radius 1 is 1.19 bits per heavy atom. The number of nitrogen functional groups attached to an aromatic ring is 1. The molecule has 1 aromatic carbocycles. The lowest BCUT2D eigenvalue weighted by Gasteiger charge is -2.04. The first-order chi connectivity index (χ1) is 7.59. The van der Waals surface area contributed by atoms with Crippen LogP contribution in [0.5, 0.6) is 0 Å². The maximum absolute atomic E-state index is 12.1.